The van der Waals surface area contributed by atoms with Gasteiger partial charge in [0.05, 0.1) is 10.6 Å². The van der Waals surface area contributed by atoms with Crippen LogP contribution in [0.25, 0.3) is 0 Å². The number of aromatic amines is 1. The van der Waals surface area contributed by atoms with Crippen molar-refractivity contribution in [1.82, 2.24) is 15.3 Å². The van der Waals surface area contributed by atoms with E-state index in [-0.39, 0.29) is 18.4 Å². The molecule has 2 aromatic heterocycles. The second-order valence-electron chi connectivity index (χ2n) is 4.98. The number of aryl methyl sites for hydroxylation is 1. The summed E-state index contributed by atoms with van der Waals surface area (Å²) in [5.74, 6) is -0.235. The first-order chi connectivity index (χ1) is 10.1. The Morgan fingerprint density at radius 2 is 2.33 bits per heavy atom. The molecule has 112 valence electrons. The van der Waals surface area contributed by atoms with Crippen molar-refractivity contribution in [2.24, 2.45) is 5.92 Å². The van der Waals surface area contributed by atoms with E-state index in [1.807, 2.05) is 13.0 Å². The number of aliphatic hydroxyl groups is 1. The number of nitrogens with zero attached hydrogens (tertiary/aromatic N) is 1. The SMILES string of the molecule is Cc1c[nH]cc1C(=O)NC[C@H](CO)Cc1ccncc1Cl. The number of H-pyrrole nitrogens is 1. The molecule has 0 fully saturated rings. The minimum Gasteiger partial charge on any atom is -0.396 e. The fourth-order valence-corrected chi connectivity index (χ4v) is 2.30. The molecule has 6 heteroatoms. The van der Waals surface area contributed by atoms with Crippen LogP contribution in [0, 0.1) is 12.8 Å². The van der Waals surface area contributed by atoms with Gasteiger partial charge < -0.3 is 15.4 Å². The first kappa shape index (κ1) is 15.5. The molecule has 0 aliphatic rings. The summed E-state index contributed by atoms with van der Waals surface area (Å²) in [6.07, 6.45) is 7.27. The predicted octanol–water partition coefficient (Wildman–Crippen LogP) is 1.95. The third kappa shape index (κ3) is 4.06. The number of aliphatic hydroxyl groups excluding tert-OH is 1. The monoisotopic (exact) mass is 307 g/mol. The van der Waals surface area contributed by atoms with Crippen LogP contribution in [-0.2, 0) is 6.42 Å². The van der Waals surface area contributed by atoms with E-state index in [2.05, 4.69) is 15.3 Å². The number of carbonyl (C=O) groups excluding carboxylic acids is 1. The second kappa shape index (κ2) is 7.24. The topological polar surface area (TPSA) is 78.0 Å². The zero-order chi connectivity index (χ0) is 15.2. The molecule has 0 aromatic carbocycles. The highest BCUT2D eigenvalue weighted by Crippen LogP contribution is 2.17. The number of rotatable bonds is 6. The van der Waals surface area contributed by atoms with Gasteiger partial charge in [0, 0.05) is 43.9 Å². The van der Waals surface area contributed by atoms with Crippen molar-refractivity contribution in [3.63, 3.8) is 0 Å². The van der Waals surface area contributed by atoms with Crippen LogP contribution >= 0.6 is 11.6 Å². The molecule has 0 saturated carbocycles. The van der Waals surface area contributed by atoms with Crippen LogP contribution in [0.1, 0.15) is 21.5 Å². The maximum atomic E-state index is 12.0. The lowest BCUT2D eigenvalue weighted by atomic mass is 10.0. The molecule has 0 radical (unpaired) electrons. The van der Waals surface area contributed by atoms with Gasteiger partial charge in [-0.05, 0) is 30.5 Å². The molecule has 3 N–H and O–H groups in total. The van der Waals surface area contributed by atoms with Gasteiger partial charge in [-0.15, -0.1) is 0 Å². The number of nitrogens with one attached hydrogen (secondary N) is 2. The molecule has 0 aliphatic carbocycles. The normalized spacial score (nSPS) is 12.1. The molecular formula is C15H18ClN3O2. The Hall–Kier alpha value is -1.85. The smallest absolute Gasteiger partial charge is 0.253 e. The predicted molar refractivity (Wildman–Crippen MR) is 81.4 cm³/mol. The zero-order valence-electron chi connectivity index (χ0n) is 11.8. The van der Waals surface area contributed by atoms with Gasteiger partial charge in [0.25, 0.3) is 5.91 Å². The van der Waals surface area contributed by atoms with E-state index in [0.717, 1.165) is 11.1 Å². The third-order valence-corrected chi connectivity index (χ3v) is 3.71. The van der Waals surface area contributed by atoms with E-state index in [1.54, 1.807) is 24.8 Å². The van der Waals surface area contributed by atoms with E-state index in [4.69, 9.17) is 11.6 Å². The van der Waals surface area contributed by atoms with Crippen LogP contribution in [0.5, 0.6) is 0 Å². The molecule has 1 atom stereocenters. The fourth-order valence-electron chi connectivity index (χ4n) is 2.10. The summed E-state index contributed by atoms with van der Waals surface area (Å²) in [5.41, 5.74) is 2.43. The van der Waals surface area contributed by atoms with Crippen molar-refractivity contribution in [3.05, 3.63) is 52.6 Å². The van der Waals surface area contributed by atoms with E-state index < -0.39 is 0 Å². The Balaban J connectivity index is 1.93. The lowest BCUT2D eigenvalue weighted by Crippen LogP contribution is -2.32. The van der Waals surface area contributed by atoms with Gasteiger partial charge in [-0.25, -0.2) is 0 Å². The lowest BCUT2D eigenvalue weighted by molar-refractivity contribution is 0.0939. The molecule has 0 spiro atoms. The van der Waals surface area contributed by atoms with Gasteiger partial charge in [-0.2, -0.15) is 0 Å². The van der Waals surface area contributed by atoms with E-state index in [9.17, 15) is 9.90 Å². The molecule has 5 nitrogen and oxygen atoms in total. The Bertz CT molecular complexity index is 612. The molecule has 0 aliphatic heterocycles. The summed E-state index contributed by atoms with van der Waals surface area (Å²) in [7, 11) is 0. The minimum atomic E-state index is -0.145. The van der Waals surface area contributed by atoms with Crippen molar-refractivity contribution in [2.45, 2.75) is 13.3 Å². The summed E-state index contributed by atoms with van der Waals surface area (Å²) in [4.78, 5) is 18.8. The first-order valence-corrected chi connectivity index (χ1v) is 7.10. The van der Waals surface area contributed by atoms with Crippen LogP contribution in [-0.4, -0.2) is 34.1 Å². The molecule has 0 bridgehead atoms. The molecule has 2 heterocycles. The fraction of sp³-hybridized carbons (Fsp3) is 0.333. The maximum absolute atomic E-state index is 12.0. The van der Waals surface area contributed by atoms with Gasteiger partial charge in [0.1, 0.15) is 0 Å². The standard InChI is InChI=1S/C15H18ClN3O2/c1-10-5-18-7-13(10)15(21)19-6-11(9-20)4-12-2-3-17-8-14(12)16/h2-3,5,7-8,11,18,20H,4,6,9H2,1H3,(H,19,21)/t11-/m1/s1. The van der Waals surface area contributed by atoms with Gasteiger partial charge in [0.15, 0.2) is 0 Å². The van der Waals surface area contributed by atoms with E-state index >= 15 is 0 Å². The average molecular weight is 308 g/mol. The van der Waals surface area contributed by atoms with Crippen molar-refractivity contribution in [3.8, 4) is 0 Å². The van der Waals surface area contributed by atoms with Gasteiger partial charge >= 0.3 is 0 Å². The highest BCUT2D eigenvalue weighted by molar-refractivity contribution is 6.31. The van der Waals surface area contributed by atoms with Crippen molar-refractivity contribution in [2.75, 3.05) is 13.2 Å². The van der Waals surface area contributed by atoms with E-state index in [1.165, 1.54) is 0 Å². The lowest BCUT2D eigenvalue weighted by Gasteiger charge is -2.15. The summed E-state index contributed by atoms with van der Waals surface area (Å²) in [6.45, 7) is 2.23. The second-order valence-corrected chi connectivity index (χ2v) is 5.39. The third-order valence-electron chi connectivity index (χ3n) is 3.37. The van der Waals surface area contributed by atoms with Gasteiger partial charge in [0.2, 0.25) is 0 Å². The van der Waals surface area contributed by atoms with Gasteiger partial charge in [-0.3, -0.25) is 9.78 Å². The molecule has 2 aromatic rings. The number of amides is 1. The summed E-state index contributed by atoms with van der Waals surface area (Å²) < 4.78 is 0. The first-order valence-electron chi connectivity index (χ1n) is 6.72. The molecular weight excluding hydrogens is 290 g/mol. The Morgan fingerprint density at radius 1 is 1.52 bits per heavy atom. The number of hydrogen-bond acceptors (Lipinski definition) is 3. The summed E-state index contributed by atoms with van der Waals surface area (Å²) in [6, 6.07) is 1.82. The number of hydrogen-bond donors (Lipinski definition) is 3. The number of halogens is 1. The van der Waals surface area contributed by atoms with Crippen molar-refractivity contribution < 1.29 is 9.90 Å². The van der Waals surface area contributed by atoms with Crippen molar-refractivity contribution >= 4 is 17.5 Å². The zero-order valence-corrected chi connectivity index (χ0v) is 12.5. The molecule has 1 amide bonds. The summed E-state index contributed by atoms with van der Waals surface area (Å²) >= 11 is 6.05. The molecule has 2 rings (SSSR count). The highest BCUT2D eigenvalue weighted by atomic mass is 35.5. The van der Waals surface area contributed by atoms with Crippen LogP contribution in [0.2, 0.25) is 5.02 Å². The Kier molecular flexibility index (Phi) is 5.36. The van der Waals surface area contributed by atoms with Crippen LogP contribution in [0.15, 0.2) is 30.9 Å². The average Bonchev–Trinajstić information content (AvgIpc) is 2.91. The molecule has 0 unspecified atom stereocenters. The quantitative estimate of drug-likeness (QED) is 0.763. The molecule has 0 saturated heterocycles. The van der Waals surface area contributed by atoms with Crippen LogP contribution in [0.3, 0.4) is 0 Å². The van der Waals surface area contributed by atoms with Crippen LogP contribution < -0.4 is 5.32 Å². The van der Waals surface area contributed by atoms with E-state index in [0.29, 0.717) is 23.6 Å². The Labute approximate surface area is 128 Å². The number of aromatic nitrogens is 2. The van der Waals surface area contributed by atoms with Crippen molar-refractivity contribution in [1.29, 1.82) is 0 Å². The number of carbonyl (C=O) groups is 1. The van der Waals surface area contributed by atoms with Crippen LogP contribution in [0.4, 0.5) is 0 Å². The Morgan fingerprint density at radius 3 is 2.95 bits per heavy atom. The van der Waals surface area contributed by atoms with Gasteiger partial charge in [-0.1, -0.05) is 11.6 Å². The largest absolute Gasteiger partial charge is 0.396 e. The maximum Gasteiger partial charge on any atom is 0.253 e. The minimum absolute atomic E-state index is 0.0228. The molecule has 21 heavy (non-hydrogen) atoms. The summed E-state index contributed by atoms with van der Waals surface area (Å²) in [5, 5.41) is 12.9. The number of pyridine rings is 1. The highest BCUT2D eigenvalue weighted by Gasteiger charge is 2.14.